The van der Waals surface area contributed by atoms with E-state index in [1.807, 2.05) is 6.07 Å². The number of halogens is 1. The van der Waals surface area contributed by atoms with Crippen LogP contribution in [0, 0.1) is 0 Å². The van der Waals surface area contributed by atoms with E-state index in [2.05, 4.69) is 5.43 Å². The molecule has 0 aliphatic carbocycles. The molecule has 33 heavy (non-hydrogen) atoms. The van der Waals surface area contributed by atoms with Crippen LogP contribution >= 0.6 is 11.6 Å². The number of ether oxygens (including phenoxy) is 3. The van der Waals surface area contributed by atoms with Gasteiger partial charge in [0.05, 0.1) is 26.0 Å². The molecule has 2 saturated heterocycles. The van der Waals surface area contributed by atoms with Crippen molar-refractivity contribution in [3.8, 4) is 11.5 Å². The first kappa shape index (κ1) is 22.6. The highest BCUT2D eigenvalue weighted by atomic mass is 35.5. The molecule has 4 rings (SSSR count). The molecule has 2 heterocycles. The number of hydrazine groups is 1. The molecule has 2 fully saturated rings. The number of benzene rings is 2. The van der Waals surface area contributed by atoms with Gasteiger partial charge in [0, 0.05) is 29.7 Å². The molecule has 9 nitrogen and oxygen atoms in total. The number of nitrogens with one attached hydrogen (secondary N) is 1. The Morgan fingerprint density at radius 2 is 1.91 bits per heavy atom. The van der Waals surface area contributed by atoms with Crippen LogP contribution in [0.4, 0.5) is 5.69 Å². The first-order valence-electron chi connectivity index (χ1n) is 10.3. The number of nitrogens with zero attached hydrogens (tertiary/aromatic N) is 2. The average molecular weight is 472 g/mol. The molecule has 2 aliphatic heterocycles. The summed E-state index contributed by atoms with van der Waals surface area (Å²) in [5, 5.41) is 1.48. The molecular weight excluding hydrogens is 450 g/mol. The Labute approximate surface area is 195 Å². The van der Waals surface area contributed by atoms with E-state index in [0.717, 1.165) is 0 Å². The molecule has 0 unspecified atom stereocenters. The lowest BCUT2D eigenvalue weighted by Gasteiger charge is -2.27. The molecule has 10 heteroatoms. The monoisotopic (exact) mass is 471 g/mol. The van der Waals surface area contributed by atoms with Crippen molar-refractivity contribution in [2.24, 2.45) is 0 Å². The van der Waals surface area contributed by atoms with Crippen molar-refractivity contribution in [3.63, 3.8) is 0 Å². The molecule has 0 radical (unpaired) electrons. The van der Waals surface area contributed by atoms with E-state index >= 15 is 0 Å². The highest BCUT2D eigenvalue weighted by molar-refractivity contribution is 6.32. The molecule has 0 atom stereocenters. The molecular formula is C23H22ClN3O6. The first-order chi connectivity index (χ1) is 16.0. The smallest absolute Gasteiger partial charge is 0.282 e. The zero-order valence-electron chi connectivity index (χ0n) is 17.9. The molecule has 0 saturated carbocycles. The number of carbonyl (C=O) groups excluding carboxylic acids is 3. The molecule has 2 aliphatic rings. The molecule has 0 aromatic heterocycles. The zero-order valence-corrected chi connectivity index (χ0v) is 18.6. The minimum Gasteiger partial charge on any atom is -0.493 e. The van der Waals surface area contributed by atoms with Gasteiger partial charge in [-0.05, 0) is 24.3 Å². The SMILES string of the molecule is COc1cc(Cl)cc(/C=C2\C(=O)NN(c3ccccc3)C2=O)c1OCC(=O)N1CCOCC1. The second-order valence-electron chi connectivity index (χ2n) is 7.28. The number of hydrogen-bond acceptors (Lipinski definition) is 6. The lowest BCUT2D eigenvalue weighted by atomic mass is 10.1. The van der Waals surface area contributed by atoms with Gasteiger partial charge >= 0.3 is 0 Å². The standard InChI is InChI=1S/C23H22ClN3O6/c1-31-19-13-16(24)11-15(21(19)33-14-20(28)26-7-9-32-10-8-26)12-18-22(29)25-27(23(18)30)17-5-3-2-4-6-17/h2-6,11-13H,7-10,14H2,1H3,(H,25,29)/b18-12+. The van der Waals surface area contributed by atoms with Crippen molar-refractivity contribution in [2.75, 3.05) is 45.0 Å². The summed E-state index contributed by atoms with van der Waals surface area (Å²) in [5.74, 6) is -0.831. The van der Waals surface area contributed by atoms with Gasteiger partial charge in [-0.1, -0.05) is 29.8 Å². The number of anilines is 1. The maximum Gasteiger partial charge on any atom is 0.282 e. The number of carbonyl (C=O) groups is 3. The molecule has 1 N–H and O–H groups in total. The molecule has 0 spiro atoms. The minimum atomic E-state index is -0.571. The fraction of sp³-hybridized carbons (Fsp3) is 0.261. The van der Waals surface area contributed by atoms with Crippen LogP contribution in [0.15, 0.2) is 48.0 Å². The fourth-order valence-corrected chi connectivity index (χ4v) is 3.73. The summed E-state index contributed by atoms with van der Waals surface area (Å²) in [6.45, 7) is 1.68. The van der Waals surface area contributed by atoms with E-state index in [1.165, 1.54) is 30.3 Å². The Bertz CT molecular complexity index is 1100. The van der Waals surface area contributed by atoms with Crippen molar-refractivity contribution in [3.05, 3.63) is 58.6 Å². The van der Waals surface area contributed by atoms with Crippen molar-refractivity contribution >= 4 is 41.1 Å². The normalized spacial score (nSPS) is 17.3. The summed E-state index contributed by atoms with van der Waals surface area (Å²) in [7, 11) is 1.43. The fourth-order valence-electron chi connectivity index (χ4n) is 3.51. The van der Waals surface area contributed by atoms with Crippen molar-refractivity contribution in [1.29, 1.82) is 0 Å². The summed E-state index contributed by atoms with van der Waals surface area (Å²) in [6, 6.07) is 11.8. The van der Waals surface area contributed by atoms with Crippen LogP contribution < -0.4 is 19.9 Å². The van der Waals surface area contributed by atoms with Gasteiger partial charge in [0.1, 0.15) is 5.57 Å². The van der Waals surface area contributed by atoms with E-state index < -0.39 is 11.8 Å². The van der Waals surface area contributed by atoms with Crippen molar-refractivity contribution < 1.29 is 28.6 Å². The predicted molar refractivity (Wildman–Crippen MR) is 121 cm³/mol. The zero-order chi connectivity index (χ0) is 23.4. The maximum atomic E-state index is 12.9. The van der Waals surface area contributed by atoms with E-state index in [-0.39, 0.29) is 29.6 Å². The topological polar surface area (TPSA) is 97.4 Å². The Kier molecular flexibility index (Phi) is 6.81. The molecule has 2 aromatic carbocycles. The third kappa shape index (κ3) is 4.94. The lowest BCUT2D eigenvalue weighted by molar-refractivity contribution is -0.137. The lowest BCUT2D eigenvalue weighted by Crippen LogP contribution is -2.43. The summed E-state index contributed by atoms with van der Waals surface area (Å²) in [4.78, 5) is 39.7. The Balaban J connectivity index is 1.62. The van der Waals surface area contributed by atoms with Gasteiger partial charge in [0.15, 0.2) is 18.1 Å². The van der Waals surface area contributed by atoms with Crippen molar-refractivity contribution in [1.82, 2.24) is 10.3 Å². The third-order valence-electron chi connectivity index (χ3n) is 5.18. The van der Waals surface area contributed by atoms with Crippen LogP contribution in [0.2, 0.25) is 5.02 Å². The van der Waals surface area contributed by atoms with Gasteiger partial charge in [-0.25, -0.2) is 5.01 Å². The van der Waals surface area contributed by atoms with Crippen molar-refractivity contribution in [2.45, 2.75) is 0 Å². The van der Waals surface area contributed by atoms with Gasteiger partial charge in [-0.15, -0.1) is 0 Å². The number of morpholine rings is 1. The Hall–Kier alpha value is -3.56. The van der Waals surface area contributed by atoms with Crippen LogP contribution in [-0.2, 0) is 19.1 Å². The second kappa shape index (κ2) is 9.93. The summed E-state index contributed by atoms with van der Waals surface area (Å²) >= 11 is 6.22. The average Bonchev–Trinajstić information content (AvgIpc) is 3.12. The van der Waals surface area contributed by atoms with Gasteiger partial charge in [-0.3, -0.25) is 19.8 Å². The van der Waals surface area contributed by atoms with E-state index in [0.29, 0.717) is 42.6 Å². The number of para-hydroxylation sites is 1. The predicted octanol–water partition coefficient (Wildman–Crippen LogP) is 2.05. The van der Waals surface area contributed by atoms with E-state index in [4.69, 9.17) is 25.8 Å². The van der Waals surface area contributed by atoms with Crippen LogP contribution in [0.3, 0.4) is 0 Å². The third-order valence-corrected chi connectivity index (χ3v) is 5.40. The van der Waals surface area contributed by atoms with E-state index in [1.54, 1.807) is 29.2 Å². The number of hydrogen-bond donors (Lipinski definition) is 1. The first-order valence-corrected chi connectivity index (χ1v) is 10.6. The molecule has 172 valence electrons. The van der Waals surface area contributed by atoms with Gasteiger partial charge in [-0.2, -0.15) is 0 Å². The van der Waals surface area contributed by atoms with Crippen LogP contribution in [-0.4, -0.2) is 62.6 Å². The summed E-state index contributed by atoms with van der Waals surface area (Å²) < 4.78 is 16.4. The maximum absolute atomic E-state index is 12.9. The molecule has 3 amide bonds. The second-order valence-corrected chi connectivity index (χ2v) is 7.72. The quantitative estimate of drug-likeness (QED) is 0.511. The summed E-state index contributed by atoms with van der Waals surface area (Å²) in [6.07, 6.45) is 1.38. The number of methoxy groups -OCH3 is 1. The van der Waals surface area contributed by atoms with Crippen LogP contribution in [0.1, 0.15) is 5.56 Å². The largest absolute Gasteiger partial charge is 0.493 e. The molecule has 2 aromatic rings. The number of rotatable bonds is 6. The van der Waals surface area contributed by atoms with Crippen LogP contribution in [0.25, 0.3) is 6.08 Å². The Morgan fingerprint density at radius 1 is 1.18 bits per heavy atom. The van der Waals surface area contributed by atoms with Crippen LogP contribution in [0.5, 0.6) is 11.5 Å². The highest BCUT2D eigenvalue weighted by Gasteiger charge is 2.35. The van der Waals surface area contributed by atoms with Gasteiger partial charge in [0.2, 0.25) is 0 Å². The highest BCUT2D eigenvalue weighted by Crippen LogP contribution is 2.37. The molecule has 0 bridgehead atoms. The summed E-state index contributed by atoms with van der Waals surface area (Å²) in [5.41, 5.74) is 3.30. The van der Waals surface area contributed by atoms with Gasteiger partial charge < -0.3 is 19.1 Å². The number of amides is 3. The van der Waals surface area contributed by atoms with E-state index in [9.17, 15) is 14.4 Å². The Morgan fingerprint density at radius 3 is 2.61 bits per heavy atom. The minimum absolute atomic E-state index is 0.104. The van der Waals surface area contributed by atoms with Gasteiger partial charge in [0.25, 0.3) is 17.7 Å².